The number of rotatable bonds is 2. The van der Waals surface area contributed by atoms with E-state index in [0.29, 0.717) is 6.54 Å². The van der Waals surface area contributed by atoms with Crippen molar-refractivity contribution in [2.45, 2.75) is 13.5 Å². The molecule has 0 saturated carbocycles. The molecule has 0 spiro atoms. The molecule has 2 nitrogen and oxygen atoms in total. The van der Waals surface area contributed by atoms with Crippen LogP contribution in [-0.4, -0.2) is 4.98 Å². The maximum Gasteiger partial charge on any atom is 0.124 e. The molecule has 0 aliphatic carbocycles. The molecule has 1 aromatic carbocycles. The van der Waals surface area contributed by atoms with Crippen LogP contribution in [0.4, 0.5) is 4.39 Å². The molecule has 0 radical (unpaired) electrons. The van der Waals surface area contributed by atoms with Gasteiger partial charge >= 0.3 is 0 Å². The summed E-state index contributed by atoms with van der Waals surface area (Å²) in [5.74, 6) is -0.229. The van der Waals surface area contributed by atoms with E-state index in [4.69, 9.17) is 5.73 Å². The summed E-state index contributed by atoms with van der Waals surface area (Å²) in [6.45, 7) is 2.31. The van der Waals surface area contributed by atoms with Crippen molar-refractivity contribution in [3.05, 3.63) is 53.6 Å². The van der Waals surface area contributed by atoms with Crippen molar-refractivity contribution in [1.29, 1.82) is 0 Å². The highest BCUT2D eigenvalue weighted by molar-refractivity contribution is 5.63. The van der Waals surface area contributed by atoms with Crippen molar-refractivity contribution in [3.63, 3.8) is 0 Å². The lowest BCUT2D eigenvalue weighted by atomic mass is 10.0. The van der Waals surface area contributed by atoms with E-state index in [9.17, 15) is 4.39 Å². The maximum absolute atomic E-state index is 13.3. The molecule has 3 heteroatoms. The number of halogens is 1. The number of nitrogens with two attached hydrogens (primary N) is 1. The summed E-state index contributed by atoms with van der Waals surface area (Å²) in [5, 5.41) is 0. The van der Waals surface area contributed by atoms with Gasteiger partial charge in [0.15, 0.2) is 0 Å². The van der Waals surface area contributed by atoms with Crippen molar-refractivity contribution in [3.8, 4) is 11.1 Å². The molecule has 0 saturated heterocycles. The quantitative estimate of drug-likeness (QED) is 0.838. The van der Waals surface area contributed by atoms with E-state index in [1.165, 1.54) is 12.1 Å². The molecule has 16 heavy (non-hydrogen) atoms. The second kappa shape index (κ2) is 4.41. The highest BCUT2D eigenvalue weighted by Crippen LogP contribution is 2.21. The van der Waals surface area contributed by atoms with Gasteiger partial charge in [-0.3, -0.25) is 4.98 Å². The van der Waals surface area contributed by atoms with Crippen LogP contribution in [0.3, 0.4) is 0 Å². The van der Waals surface area contributed by atoms with Gasteiger partial charge in [-0.05, 0) is 41.8 Å². The number of hydrogen-bond acceptors (Lipinski definition) is 2. The minimum Gasteiger partial charge on any atom is -0.326 e. The molecular weight excluding hydrogens is 203 g/mol. The van der Waals surface area contributed by atoms with Gasteiger partial charge in [-0.25, -0.2) is 4.39 Å². The lowest BCUT2D eigenvalue weighted by Gasteiger charge is -2.05. The summed E-state index contributed by atoms with van der Waals surface area (Å²) in [6, 6.07) is 6.87. The SMILES string of the molecule is Cc1cc(F)cc(-c2cncc(CN)c2)c1. The van der Waals surface area contributed by atoms with Gasteiger partial charge in [-0.15, -0.1) is 0 Å². The van der Waals surface area contributed by atoms with Crippen LogP contribution in [-0.2, 0) is 6.54 Å². The van der Waals surface area contributed by atoms with Crippen molar-refractivity contribution in [2.24, 2.45) is 5.73 Å². The van der Waals surface area contributed by atoms with Crippen molar-refractivity contribution in [2.75, 3.05) is 0 Å². The molecule has 82 valence electrons. The molecule has 0 atom stereocenters. The summed E-state index contributed by atoms with van der Waals surface area (Å²) in [4.78, 5) is 4.09. The summed E-state index contributed by atoms with van der Waals surface area (Å²) in [5.41, 5.74) is 9.11. The molecule has 2 rings (SSSR count). The summed E-state index contributed by atoms with van der Waals surface area (Å²) in [6.07, 6.45) is 3.43. The van der Waals surface area contributed by atoms with Crippen LogP contribution in [0.1, 0.15) is 11.1 Å². The highest BCUT2D eigenvalue weighted by Gasteiger charge is 2.02. The number of aromatic nitrogens is 1. The number of benzene rings is 1. The summed E-state index contributed by atoms with van der Waals surface area (Å²) >= 11 is 0. The highest BCUT2D eigenvalue weighted by atomic mass is 19.1. The Morgan fingerprint density at radius 2 is 1.94 bits per heavy atom. The molecule has 1 heterocycles. The Bertz CT molecular complexity index is 489. The largest absolute Gasteiger partial charge is 0.326 e. The van der Waals surface area contributed by atoms with Crippen LogP contribution in [0.2, 0.25) is 0 Å². The van der Waals surface area contributed by atoms with Crippen LogP contribution in [0.25, 0.3) is 11.1 Å². The molecule has 0 bridgehead atoms. The van der Waals surface area contributed by atoms with Crippen LogP contribution in [0, 0.1) is 12.7 Å². The van der Waals surface area contributed by atoms with Crippen molar-refractivity contribution >= 4 is 0 Å². The predicted molar refractivity (Wildman–Crippen MR) is 62.3 cm³/mol. The van der Waals surface area contributed by atoms with E-state index in [2.05, 4.69) is 4.98 Å². The van der Waals surface area contributed by atoms with E-state index in [1.54, 1.807) is 12.4 Å². The van der Waals surface area contributed by atoms with Gasteiger partial charge < -0.3 is 5.73 Å². The Labute approximate surface area is 93.9 Å². The van der Waals surface area contributed by atoms with Crippen LogP contribution in [0.15, 0.2) is 36.7 Å². The number of nitrogens with zero attached hydrogens (tertiary/aromatic N) is 1. The zero-order valence-electron chi connectivity index (χ0n) is 9.07. The molecule has 0 fully saturated rings. The zero-order chi connectivity index (χ0) is 11.5. The van der Waals surface area contributed by atoms with E-state index in [-0.39, 0.29) is 5.82 Å². The predicted octanol–water partition coefficient (Wildman–Crippen LogP) is 2.65. The third kappa shape index (κ3) is 2.25. The second-order valence-electron chi connectivity index (χ2n) is 3.80. The Morgan fingerprint density at radius 1 is 1.12 bits per heavy atom. The third-order valence-corrected chi connectivity index (χ3v) is 2.41. The maximum atomic E-state index is 13.3. The molecule has 0 aliphatic heterocycles. The Kier molecular flexibility index (Phi) is 2.97. The number of aryl methyl sites for hydroxylation is 1. The van der Waals surface area contributed by atoms with Gasteiger partial charge in [0.25, 0.3) is 0 Å². The van der Waals surface area contributed by atoms with Crippen LogP contribution >= 0.6 is 0 Å². The van der Waals surface area contributed by atoms with Crippen molar-refractivity contribution < 1.29 is 4.39 Å². The molecule has 0 amide bonds. The van der Waals surface area contributed by atoms with Gasteiger partial charge in [0.1, 0.15) is 5.82 Å². The standard InChI is InChI=1S/C13H13FN2/c1-9-2-11(5-13(14)3-9)12-4-10(6-15)7-16-8-12/h2-5,7-8H,6,15H2,1H3. The van der Waals surface area contributed by atoms with Crippen molar-refractivity contribution in [1.82, 2.24) is 4.98 Å². The fourth-order valence-corrected chi connectivity index (χ4v) is 1.66. The Hall–Kier alpha value is -1.74. The zero-order valence-corrected chi connectivity index (χ0v) is 9.07. The first kappa shape index (κ1) is 10.8. The third-order valence-electron chi connectivity index (χ3n) is 2.41. The first-order chi connectivity index (χ1) is 7.69. The molecular formula is C13H13FN2. The molecule has 0 unspecified atom stereocenters. The topological polar surface area (TPSA) is 38.9 Å². The van der Waals surface area contributed by atoms with Crippen LogP contribution in [0.5, 0.6) is 0 Å². The fraction of sp³-hybridized carbons (Fsp3) is 0.154. The fourth-order valence-electron chi connectivity index (χ4n) is 1.66. The number of pyridine rings is 1. The average Bonchev–Trinajstić information content (AvgIpc) is 2.28. The van der Waals surface area contributed by atoms with Gasteiger partial charge in [0.2, 0.25) is 0 Å². The smallest absolute Gasteiger partial charge is 0.124 e. The van der Waals surface area contributed by atoms with E-state index < -0.39 is 0 Å². The molecule has 2 aromatic rings. The lowest BCUT2D eigenvalue weighted by Crippen LogP contribution is -1.97. The lowest BCUT2D eigenvalue weighted by molar-refractivity contribution is 0.627. The minimum atomic E-state index is -0.229. The van der Waals surface area contributed by atoms with Crippen LogP contribution < -0.4 is 5.73 Å². The minimum absolute atomic E-state index is 0.229. The first-order valence-corrected chi connectivity index (χ1v) is 5.10. The van der Waals surface area contributed by atoms with Gasteiger partial charge in [0.05, 0.1) is 0 Å². The monoisotopic (exact) mass is 216 g/mol. The molecule has 1 aromatic heterocycles. The molecule has 0 aliphatic rings. The Morgan fingerprint density at radius 3 is 2.62 bits per heavy atom. The van der Waals surface area contributed by atoms with E-state index in [0.717, 1.165) is 22.3 Å². The average molecular weight is 216 g/mol. The van der Waals surface area contributed by atoms with Gasteiger partial charge in [0, 0.05) is 24.5 Å². The molecule has 2 N–H and O–H groups in total. The van der Waals surface area contributed by atoms with Gasteiger partial charge in [-0.2, -0.15) is 0 Å². The second-order valence-corrected chi connectivity index (χ2v) is 3.80. The van der Waals surface area contributed by atoms with E-state index in [1.807, 2.05) is 19.1 Å². The first-order valence-electron chi connectivity index (χ1n) is 5.10. The number of hydrogen-bond donors (Lipinski definition) is 1. The normalized spacial score (nSPS) is 10.4. The van der Waals surface area contributed by atoms with Gasteiger partial charge in [-0.1, -0.05) is 6.07 Å². The van der Waals surface area contributed by atoms with E-state index >= 15 is 0 Å². The summed E-state index contributed by atoms with van der Waals surface area (Å²) in [7, 11) is 0. The Balaban J connectivity index is 2.49. The summed E-state index contributed by atoms with van der Waals surface area (Å²) < 4.78 is 13.3.